The van der Waals surface area contributed by atoms with Crippen LogP contribution in [-0.2, 0) is 9.59 Å². The number of rotatable bonds is 8. The lowest BCUT2D eigenvalue weighted by Crippen LogP contribution is -2.40. The topological polar surface area (TPSA) is 58.2 Å². The first-order chi connectivity index (χ1) is 10.2. The van der Waals surface area contributed by atoms with Crippen LogP contribution in [-0.4, -0.2) is 18.4 Å². The van der Waals surface area contributed by atoms with Gasteiger partial charge in [0, 0.05) is 10.8 Å². The molecule has 1 aliphatic carbocycles. The van der Waals surface area contributed by atoms with Crippen LogP contribution in [0.2, 0.25) is 0 Å². The summed E-state index contributed by atoms with van der Waals surface area (Å²) in [6, 6.07) is 4.12. The van der Waals surface area contributed by atoms with Crippen LogP contribution < -0.4 is 10.6 Å². The van der Waals surface area contributed by atoms with E-state index >= 15 is 0 Å². The van der Waals surface area contributed by atoms with E-state index in [-0.39, 0.29) is 30.3 Å². The second-order valence-corrected chi connectivity index (χ2v) is 6.61. The van der Waals surface area contributed by atoms with Crippen LogP contribution in [0, 0.1) is 11.8 Å². The zero-order valence-electron chi connectivity index (χ0n) is 12.7. The Morgan fingerprint density at radius 1 is 1.33 bits per heavy atom. The van der Waals surface area contributed by atoms with Crippen molar-refractivity contribution >= 4 is 23.2 Å². The predicted molar refractivity (Wildman–Crippen MR) is 85.0 cm³/mol. The van der Waals surface area contributed by atoms with E-state index in [0.29, 0.717) is 5.92 Å². The lowest BCUT2D eigenvalue weighted by molar-refractivity contribution is -0.127. The largest absolute Gasteiger partial charge is 0.347 e. The monoisotopic (exact) mass is 308 g/mol. The Bertz CT molecular complexity index is 465. The normalized spacial score (nSPS) is 15.8. The Balaban J connectivity index is 1.91. The second-order valence-electron chi connectivity index (χ2n) is 5.63. The van der Waals surface area contributed by atoms with Crippen molar-refractivity contribution in [3.8, 4) is 0 Å². The van der Waals surface area contributed by atoms with E-state index in [1.807, 2.05) is 11.4 Å². The van der Waals surface area contributed by atoms with E-state index in [1.54, 1.807) is 11.3 Å². The molecule has 1 aliphatic rings. The summed E-state index contributed by atoms with van der Waals surface area (Å²) in [5, 5.41) is 7.85. The molecule has 1 fully saturated rings. The molecule has 1 atom stereocenters. The Morgan fingerprint density at radius 3 is 2.57 bits per heavy atom. The van der Waals surface area contributed by atoms with Crippen LogP contribution in [0.25, 0.3) is 0 Å². The van der Waals surface area contributed by atoms with E-state index in [4.69, 9.17) is 0 Å². The summed E-state index contributed by atoms with van der Waals surface area (Å²) in [7, 11) is 0. The minimum atomic E-state index is -0.102. The van der Waals surface area contributed by atoms with E-state index in [1.165, 1.54) is 4.88 Å². The molecule has 1 saturated carbocycles. The summed E-state index contributed by atoms with van der Waals surface area (Å²) in [6.07, 6.45) is 3.96. The van der Waals surface area contributed by atoms with E-state index in [0.717, 1.165) is 25.7 Å². The fourth-order valence-electron chi connectivity index (χ4n) is 2.53. The zero-order valence-corrected chi connectivity index (χ0v) is 13.5. The summed E-state index contributed by atoms with van der Waals surface area (Å²) in [5.41, 5.74) is 0. The van der Waals surface area contributed by atoms with Gasteiger partial charge in [-0.1, -0.05) is 32.8 Å². The van der Waals surface area contributed by atoms with Gasteiger partial charge in [-0.15, -0.1) is 11.3 Å². The molecule has 4 nitrogen and oxygen atoms in total. The second kappa shape index (κ2) is 7.59. The van der Waals surface area contributed by atoms with Gasteiger partial charge in [-0.25, -0.2) is 0 Å². The number of thiophene rings is 1. The quantitative estimate of drug-likeness (QED) is 0.776. The zero-order chi connectivity index (χ0) is 15.2. The van der Waals surface area contributed by atoms with Gasteiger partial charge in [0.05, 0.1) is 12.6 Å². The smallest absolute Gasteiger partial charge is 0.239 e. The van der Waals surface area contributed by atoms with Crippen molar-refractivity contribution in [3.05, 3.63) is 22.4 Å². The van der Waals surface area contributed by atoms with Crippen molar-refractivity contribution in [2.75, 3.05) is 6.54 Å². The van der Waals surface area contributed by atoms with Gasteiger partial charge in [-0.2, -0.15) is 0 Å². The minimum absolute atomic E-state index is 0.0142. The lowest BCUT2D eigenvalue weighted by Gasteiger charge is -2.25. The molecule has 5 heteroatoms. The van der Waals surface area contributed by atoms with Crippen molar-refractivity contribution in [3.63, 3.8) is 0 Å². The third kappa shape index (κ3) is 4.56. The molecule has 116 valence electrons. The van der Waals surface area contributed by atoms with Crippen molar-refractivity contribution in [1.82, 2.24) is 10.6 Å². The van der Waals surface area contributed by atoms with E-state index in [9.17, 15) is 9.59 Å². The fourth-order valence-corrected chi connectivity index (χ4v) is 3.40. The number of amides is 2. The van der Waals surface area contributed by atoms with Gasteiger partial charge in [0.25, 0.3) is 0 Å². The Kier molecular flexibility index (Phi) is 5.79. The third-order valence-electron chi connectivity index (χ3n) is 4.06. The molecule has 0 radical (unpaired) electrons. The molecular formula is C16H24N2O2S. The van der Waals surface area contributed by atoms with Crippen LogP contribution in [0.15, 0.2) is 17.5 Å². The van der Waals surface area contributed by atoms with Gasteiger partial charge >= 0.3 is 0 Å². The molecular weight excluding hydrogens is 284 g/mol. The number of hydrogen-bond acceptors (Lipinski definition) is 3. The van der Waals surface area contributed by atoms with Crippen LogP contribution in [0.1, 0.15) is 50.4 Å². The maximum absolute atomic E-state index is 12.1. The van der Waals surface area contributed by atoms with Crippen molar-refractivity contribution < 1.29 is 9.59 Å². The molecule has 2 amide bonds. The molecule has 2 N–H and O–H groups in total. The summed E-state index contributed by atoms with van der Waals surface area (Å²) < 4.78 is 0. The summed E-state index contributed by atoms with van der Waals surface area (Å²) in [6.45, 7) is 4.38. The molecule has 2 rings (SSSR count). The molecule has 21 heavy (non-hydrogen) atoms. The maximum atomic E-state index is 12.1. The first kappa shape index (κ1) is 16.0. The number of carbonyl (C=O) groups is 2. The first-order valence-corrected chi connectivity index (χ1v) is 8.64. The number of carbonyl (C=O) groups excluding carboxylic acids is 2. The highest BCUT2D eigenvalue weighted by atomic mass is 32.1. The Hall–Kier alpha value is -1.36. The predicted octanol–water partition coefficient (Wildman–Crippen LogP) is 2.87. The molecule has 0 bridgehead atoms. The van der Waals surface area contributed by atoms with Gasteiger partial charge in [-0.05, 0) is 30.2 Å². The molecule has 1 heterocycles. The van der Waals surface area contributed by atoms with Gasteiger partial charge < -0.3 is 10.6 Å². The minimum Gasteiger partial charge on any atom is -0.347 e. The Labute approximate surface area is 130 Å². The lowest BCUT2D eigenvalue weighted by atomic mass is 9.93. The molecule has 0 aromatic carbocycles. The average Bonchev–Trinajstić information content (AvgIpc) is 3.20. The molecule has 1 aromatic heterocycles. The highest BCUT2D eigenvalue weighted by molar-refractivity contribution is 7.10. The van der Waals surface area contributed by atoms with Crippen LogP contribution in [0.5, 0.6) is 0 Å². The van der Waals surface area contributed by atoms with Crippen LogP contribution >= 0.6 is 11.3 Å². The maximum Gasteiger partial charge on any atom is 0.239 e. The standard InChI is InChI=1S/C16H24N2O2S/c1-3-11(4-2)15(13-6-5-9-21-13)18-14(19)10-17-16(20)12-7-8-12/h5-6,9,11-12,15H,3-4,7-8,10H2,1-2H3,(H,17,20)(H,18,19). The summed E-state index contributed by atoms with van der Waals surface area (Å²) >= 11 is 1.67. The van der Waals surface area contributed by atoms with E-state index in [2.05, 4.69) is 30.5 Å². The Morgan fingerprint density at radius 2 is 2.05 bits per heavy atom. The van der Waals surface area contributed by atoms with Crippen LogP contribution in [0.3, 0.4) is 0 Å². The third-order valence-corrected chi connectivity index (χ3v) is 5.01. The SMILES string of the molecule is CCC(CC)C(NC(=O)CNC(=O)C1CC1)c1cccs1. The highest BCUT2D eigenvalue weighted by Gasteiger charge is 2.30. The van der Waals surface area contributed by atoms with Gasteiger partial charge in [0.1, 0.15) is 0 Å². The summed E-state index contributed by atoms with van der Waals surface area (Å²) in [4.78, 5) is 24.9. The molecule has 1 unspecified atom stereocenters. The van der Waals surface area contributed by atoms with E-state index < -0.39 is 0 Å². The molecule has 0 saturated heterocycles. The van der Waals surface area contributed by atoms with Gasteiger partial charge in [0.2, 0.25) is 11.8 Å². The molecule has 1 aromatic rings. The van der Waals surface area contributed by atoms with Crippen LogP contribution in [0.4, 0.5) is 0 Å². The highest BCUT2D eigenvalue weighted by Crippen LogP contribution is 2.30. The molecule has 0 aliphatic heterocycles. The van der Waals surface area contributed by atoms with Crippen molar-refractivity contribution in [2.45, 2.75) is 45.6 Å². The molecule has 0 spiro atoms. The van der Waals surface area contributed by atoms with Crippen molar-refractivity contribution in [2.24, 2.45) is 11.8 Å². The van der Waals surface area contributed by atoms with Crippen molar-refractivity contribution in [1.29, 1.82) is 0 Å². The fraction of sp³-hybridized carbons (Fsp3) is 0.625. The average molecular weight is 308 g/mol. The van der Waals surface area contributed by atoms with Gasteiger partial charge in [-0.3, -0.25) is 9.59 Å². The number of hydrogen-bond donors (Lipinski definition) is 2. The summed E-state index contributed by atoms with van der Waals surface area (Å²) in [5.74, 6) is 0.478. The van der Waals surface area contributed by atoms with Gasteiger partial charge in [0.15, 0.2) is 0 Å². The number of nitrogens with one attached hydrogen (secondary N) is 2. The first-order valence-electron chi connectivity index (χ1n) is 7.76.